The van der Waals surface area contributed by atoms with E-state index in [2.05, 4.69) is 20.4 Å². The molecule has 1 aromatic carbocycles. The standard InChI is InChI=1S/C18H17FN4O2S/c1-2-15-22-18(25-23-15)13-5-8-17(21-10-13)26-11-16(24)20-9-12-3-6-14(19)7-4-12/h3-8,10H,2,9,11H2,1H3,(H,20,24). The second-order valence-corrected chi connectivity index (χ2v) is 6.44. The number of aromatic nitrogens is 3. The summed E-state index contributed by atoms with van der Waals surface area (Å²) in [4.78, 5) is 20.5. The normalized spacial score (nSPS) is 10.7. The number of carbonyl (C=O) groups is 1. The van der Waals surface area contributed by atoms with Gasteiger partial charge in [-0.25, -0.2) is 9.37 Å². The zero-order valence-electron chi connectivity index (χ0n) is 14.1. The van der Waals surface area contributed by atoms with Gasteiger partial charge in [-0.3, -0.25) is 4.79 Å². The van der Waals surface area contributed by atoms with Gasteiger partial charge < -0.3 is 9.84 Å². The predicted octanol–water partition coefficient (Wildman–Crippen LogP) is 3.24. The molecule has 0 fully saturated rings. The zero-order chi connectivity index (χ0) is 18.4. The lowest BCUT2D eigenvalue weighted by atomic mass is 10.2. The first kappa shape index (κ1) is 18.1. The van der Waals surface area contributed by atoms with Crippen LogP contribution in [0.25, 0.3) is 11.5 Å². The van der Waals surface area contributed by atoms with Crippen molar-refractivity contribution in [2.75, 3.05) is 5.75 Å². The minimum atomic E-state index is -0.295. The molecule has 6 nitrogen and oxygen atoms in total. The maximum Gasteiger partial charge on any atom is 0.259 e. The molecule has 0 saturated carbocycles. The molecular formula is C18H17FN4O2S. The van der Waals surface area contributed by atoms with Crippen LogP contribution in [0, 0.1) is 5.82 Å². The van der Waals surface area contributed by atoms with Gasteiger partial charge in [0.05, 0.1) is 16.3 Å². The maximum absolute atomic E-state index is 12.8. The third kappa shape index (κ3) is 4.89. The highest BCUT2D eigenvalue weighted by Gasteiger charge is 2.09. The second-order valence-electron chi connectivity index (χ2n) is 5.45. The number of halogens is 1. The van der Waals surface area contributed by atoms with Gasteiger partial charge in [-0.05, 0) is 29.8 Å². The molecule has 0 aliphatic carbocycles. The number of hydrogen-bond donors (Lipinski definition) is 1. The lowest BCUT2D eigenvalue weighted by Gasteiger charge is -2.05. The Morgan fingerprint density at radius 3 is 2.69 bits per heavy atom. The van der Waals surface area contributed by atoms with Gasteiger partial charge in [0.15, 0.2) is 5.82 Å². The van der Waals surface area contributed by atoms with Crippen molar-refractivity contribution >= 4 is 17.7 Å². The highest BCUT2D eigenvalue weighted by Crippen LogP contribution is 2.20. The van der Waals surface area contributed by atoms with E-state index in [-0.39, 0.29) is 17.5 Å². The fourth-order valence-corrected chi connectivity index (χ4v) is 2.77. The molecule has 134 valence electrons. The molecule has 0 aliphatic heterocycles. The van der Waals surface area contributed by atoms with Gasteiger partial charge in [-0.1, -0.05) is 36.0 Å². The number of aryl methyl sites for hydroxylation is 1. The van der Waals surface area contributed by atoms with Gasteiger partial charge in [0.1, 0.15) is 5.82 Å². The van der Waals surface area contributed by atoms with E-state index >= 15 is 0 Å². The van der Waals surface area contributed by atoms with E-state index in [1.807, 2.05) is 19.1 Å². The average molecular weight is 372 g/mol. The molecule has 0 aliphatic rings. The van der Waals surface area contributed by atoms with Crippen LogP contribution in [0.15, 0.2) is 52.1 Å². The number of carbonyl (C=O) groups excluding carboxylic acids is 1. The number of benzene rings is 1. The van der Waals surface area contributed by atoms with Crippen LogP contribution < -0.4 is 5.32 Å². The van der Waals surface area contributed by atoms with Crippen molar-refractivity contribution in [3.63, 3.8) is 0 Å². The van der Waals surface area contributed by atoms with Crippen molar-refractivity contribution in [3.8, 4) is 11.5 Å². The Hall–Kier alpha value is -2.74. The van der Waals surface area contributed by atoms with Crippen LogP contribution in [0.4, 0.5) is 4.39 Å². The number of thioether (sulfide) groups is 1. The van der Waals surface area contributed by atoms with E-state index in [1.165, 1.54) is 23.9 Å². The van der Waals surface area contributed by atoms with Crippen molar-refractivity contribution in [1.82, 2.24) is 20.4 Å². The number of pyridine rings is 1. The van der Waals surface area contributed by atoms with E-state index in [0.29, 0.717) is 24.7 Å². The van der Waals surface area contributed by atoms with Crippen LogP contribution >= 0.6 is 11.8 Å². The predicted molar refractivity (Wildman–Crippen MR) is 95.9 cm³/mol. The molecule has 0 spiro atoms. The molecule has 2 heterocycles. The van der Waals surface area contributed by atoms with Gasteiger partial charge in [-0.2, -0.15) is 4.98 Å². The fraction of sp³-hybridized carbons (Fsp3) is 0.222. The SMILES string of the molecule is CCc1noc(-c2ccc(SCC(=O)NCc3ccc(F)cc3)nc2)n1. The Kier molecular flexibility index (Phi) is 5.96. The smallest absolute Gasteiger partial charge is 0.259 e. The molecule has 0 radical (unpaired) electrons. The molecule has 2 aromatic heterocycles. The van der Waals surface area contributed by atoms with Crippen molar-refractivity contribution in [2.24, 2.45) is 0 Å². The lowest BCUT2D eigenvalue weighted by molar-refractivity contribution is -0.118. The number of hydrogen-bond acceptors (Lipinski definition) is 6. The summed E-state index contributed by atoms with van der Waals surface area (Å²) in [5.41, 5.74) is 1.58. The van der Waals surface area contributed by atoms with Gasteiger partial charge in [0, 0.05) is 19.2 Å². The first-order valence-electron chi connectivity index (χ1n) is 8.07. The molecular weight excluding hydrogens is 355 g/mol. The largest absolute Gasteiger partial charge is 0.351 e. The van der Waals surface area contributed by atoms with Crippen LogP contribution in [0.3, 0.4) is 0 Å². The van der Waals surface area contributed by atoms with E-state index in [9.17, 15) is 9.18 Å². The van der Waals surface area contributed by atoms with E-state index in [1.54, 1.807) is 18.3 Å². The first-order chi connectivity index (χ1) is 12.6. The molecule has 3 rings (SSSR count). The highest BCUT2D eigenvalue weighted by molar-refractivity contribution is 7.99. The third-order valence-electron chi connectivity index (χ3n) is 3.52. The van der Waals surface area contributed by atoms with Crippen molar-refractivity contribution in [1.29, 1.82) is 0 Å². The van der Waals surface area contributed by atoms with Crippen LogP contribution in [-0.4, -0.2) is 26.8 Å². The van der Waals surface area contributed by atoms with E-state index < -0.39 is 0 Å². The van der Waals surface area contributed by atoms with E-state index in [0.717, 1.165) is 16.2 Å². The summed E-state index contributed by atoms with van der Waals surface area (Å²) < 4.78 is 18.0. The van der Waals surface area contributed by atoms with Crippen molar-refractivity contribution in [2.45, 2.75) is 24.9 Å². The average Bonchev–Trinajstić information content (AvgIpc) is 3.15. The number of rotatable bonds is 7. The quantitative estimate of drug-likeness (QED) is 0.641. The zero-order valence-corrected chi connectivity index (χ0v) is 14.9. The third-order valence-corrected chi connectivity index (χ3v) is 4.47. The summed E-state index contributed by atoms with van der Waals surface area (Å²) in [7, 11) is 0. The molecule has 0 atom stereocenters. The van der Waals surface area contributed by atoms with Crippen LogP contribution in [-0.2, 0) is 17.8 Å². The number of nitrogens with one attached hydrogen (secondary N) is 1. The Balaban J connectivity index is 1.48. The molecule has 26 heavy (non-hydrogen) atoms. The summed E-state index contributed by atoms with van der Waals surface area (Å²) >= 11 is 1.33. The minimum absolute atomic E-state index is 0.116. The Bertz CT molecular complexity index is 866. The number of nitrogens with zero attached hydrogens (tertiary/aromatic N) is 3. The Morgan fingerprint density at radius 1 is 1.23 bits per heavy atom. The van der Waals surface area contributed by atoms with Gasteiger partial charge in [0.2, 0.25) is 5.91 Å². The summed E-state index contributed by atoms with van der Waals surface area (Å²) in [5.74, 6) is 0.916. The van der Waals surface area contributed by atoms with E-state index in [4.69, 9.17) is 4.52 Å². The highest BCUT2D eigenvalue weighted by atomic mass is 32.2. The van der Waals surface area contributed by atoms with Gasteiger partial charge in [-0.15, -0.1) is 0 Å². The number of amides is 1. The Labute approximate surface area is 154 Å². The van der Waals surface area contributed by atoms with Crippen LogP contribution in [0.1, 0.15) is 18.3 Å². The van der Waals surface area contributed by atoms with Gasteiger partial charge in [0.25, 0.3) is 5.89 Å². The topological polar surface area (TPSA) is 80.9 Å². The van der Waals surface area contributed by atoms with Gasteiger partial charge >= 0.3 is 0 Å². The minimum Gasteiger partial charge on any atom is -0.351 e. The molecule has 8 heteroatoms. The molecule has 1 N–H and O–H groups in total. The fourth-order valence-electron chi connectivity index (χ4n) is 2.10. The van der Waals surface area contributed by atoms with Crippen LogP contribution in [0.5, 0.6) is 0 Å². The molecule has 1 amide bonds. The molecule has 3 aromatic rings. The summed E-state index contributed by atoms with van der Waals surface area (Å²) in [5, 5.41) is 7.37. The summed E-state index contributed by atoms with van der Waals surface area (Å²) in [6.07, 6.45) is 2.35. The Morgan fingerprint density at radius 2 is 2.04 bits per heavy atom. The van der Waals surface area contributed by atoms with Crippen molar-refractivity contribution < 1.29 is 13.7 Å². The summed E-state index contributed by atoms with van der Waals surface area (Å²) in [6, 6.07) is 9.67. The lowest BCUT2D eigenvalue weighted by Crippen LogP contribution is -2.24. The molecule has 0 unspecified atom stereocenters. The summed E-state index contributed by atoms with van der Waals surface area (Å²) in [6.45, 7) is 2.32. The molecule has 0 bridgehead atoms. The monoisotopic (exact) mass is 372 g/mol. The molecule has 0 saturated heterocycles. The van der Waals surface area contributed by atoms with Crippen LogP contribution in [0.2, 0.25) is 0 Å². The second kappa shape index (κ2) is 8.57. The van der Waals surface area contributed by atoms with Crippen molar-refractivity contribution in [3.05, 3.63) is 59.8 Å². The maximum atomic E-state index is 12.8. The first-order valence-corrected chi connectivity index (χ1v) is 9.05.